The van der Waals surface area contributed by atoms with Crippen molar-refractivity contribution in [1.29, 1.82) is 0 Å². The summed E-state index contributed by atoms with van der Waals surface area (Å²) in [5.41, 5.74) is 6.19. The number of fused-ring (bicyclic) bond motifs is 1. The number of carbonyl (C=O) groups excluding carboxylic acids is 3. The number of unbranched alkanes of at least 4 members (excludes halogenated alkanes) is 1. The molecule has 0 unspecified atom stereocenters. The predicted octanol–water partition coefficient (Wildman–Crippen LogP) is 6.95. The first-order valence-electron chi connectivity index (χ1n) is 24.3. The second-order valence-corrected chi connectivity index (χ2v) is 19.6. The zero-order valence-electron chi connectivity index (χ0n) is 40.4. The summed E-state index contributed by atoms with van der Waals surface area (Å²) < 4.78 is 58.3. The second kappa shape index (κ2) is 22.9. The molecule has 3 aromatic heterocycles. The fourth-order valence-corrected chi connectivity index (χ4v) is 10.3. The van der Waals surface area contributed by atoms with Gasteiger partial charge < -0.3 is 39.5 Å². The Morgan fingerprint density at radius 1 is 0.972 bits per heavy atom. The van der Waals surface area contributed by atoms with E-state index in [-0.39, 0.29) is 49.5 Å². The molecule has 71 heavy (non-hydrogen) atoms. The van der Waals surface area contributed by atoms with E-state index in [1.54, 1.807) is 18.5 Å². The number of aryl methyl sites for hydroxylation is 3. The molecule has 0 bridgehead atoms. The Balaban J connectivity index is 0.764. The number of carbonyl (C=O) groups is 3. The van der Waals surface area contributed by atoms with Gasteiger partial charge in [0.15, 0.2) is 5.82 Å². The third-order valence-corrected chi connectivity index (χ3v) is 14.2. The molecule has 3 amide bonds. The number of aliphatic hydroxyl groups is 1. The molecule has 0 spiro atoms. The number of hydrogen-bond acceptors (Lipinski definition) is 14. The van der Waals surface area contributed by atoms with Crippen LogP contribution in [0.4, 0.5) is 13.2 Å². The van der Waals surface area contributed by atoms with Gasteiger partial charge in [0.1, 0.15) is 29.3 Å². The average molecular weight is 1000 g/mol. The SMILES string of the molecule is Cc1cc([C@H](C(=O)N2C[C@H](O)C[C@H]2C(=O)N[C@@H](CC(=O)NCCOCCCCOc2ccc(C3CCN(C4=Nn5c(nnc5C(F)(F)F)CC4)CC3)cc2)c2ccc(-c3scnc3C)cc2)C(C)C)on1. The van der Waals surface area contributed by atoms with Gasteiger partial charge in [0.05, 0.1) is 53.6 Å². The summed E-state index contributed by atoms with van der Waals surface area (Å²) in [5, 5.41) is 31.9. The number of amidine groups is 1. The number of hydrogen-bond donors (Lipinski definition) is 3. The molecule has 4 atom stereocenters. The molecule has 0 saturated carbocycles. The molecule has 0 aliphatic carbocycles. The summed E-state index contributed by atoms with van der Waals surface area (Å²) in [4.78, 5) is 50.5. The number of ether oxygens (including phenoxy) is 2. The maximum Gasteiger partial charge on any atom is 0.453 e. The molecule has 2 fully saturated rings. The fraction of sp³-hybridized carbons (Fsp3) is 0.520. The second-order valence-electron chi connectivity index (χ2n) is 18.8. The number of likely N-dealkylation sites (tertiary alicyclic amines) is 2. The molecule has 380 valence electrons. The number of piperidine rings is 1. The predicted molar refractivity (Wildman–Crippen MR) is 257 cm³/mol. The highest BCUT2D eigenvalue weighted by Gasteiger charge is 2.44. The normalized spacial score (nSPS) is 18.3. The Bertz CT molecular complexity index is 2630. The quantitative estimate of drug-likeness (QED) is 0.0720. The molecule has 8 rings (SSSR count). The number of benzene rings is 2. The van der Waals surface area contributed by atoms with Crippen LogP contribution in [0.2, 0.25) is 0 Å². The van der Waals surface area contributed by atoms with Crippen LogP contribution in [-0.2, 0) is 31.7 Å². The van der Waals surface area contributed by atoms with E-state index in [1.165, 1.54) is 21.8 Å². The maximum absolute atomic E-state index is 14.1. The van der Waals surface area contributed by atoms with E-state index in [0.717, 1.165) is 52.2 Å². The van der Waals surface area contributed by atoms with E-state index in [0.29, 0.717) is 74.5 Å². The zero-order valence-corrected chi connectivity index (χ0v) is 41.2. The van der Waals surface area contributed by atoms with Crippen LogP contribution in [0.15, 0.2) is 69.7 Å². The van der Waals surface area contributed by atoms with Gasteiger partial charge in [0.2, 0.25) is 17.7 Å². The largest absolute Gasteiger partial charge is 0.494 e. The lowest BCUT2D eigenvalue weighted by Gasteiger charge is -2.35. The molecule has 6 heterocycles. The molecular formula is C50H61F3N10O7S. The van der Waals surface area contributed by atoms with Crippen molar-refractivity contribution < 1.29 is 46.7 Å². The van der Waals surface area contributed by atoms with Crippen LogP contribution in [-0.4, -0.2) is 122 Å². The highest BCUT2D eigenvalue weighted by molar-refractivity contribution is 7.13. The average Bonchev–Trinajstić information content (AvgIpc) is 4.18. The smallest absolute Gasteiger partial charge is 0.453 e. The first-order chi connectivity index (χ1) is 34.1. The summed E-state index contributed by atoms with van der Waals surface area (Å²) in [7, 11) is 0. The van der Waals surface area contributed by atoms with Crippen molar-refractivity contribution in [2.24, 2.45) is 11.0 Å². The van der Waals surface area contributed by atoms with Crippen LogP contribution in [0.1, 0.15) is 117 Å². The molecule has 2 aromatic carbocycles. The number of β-amino-alcohol motifs (C(OH)–C–C–N with tert-alkyl or cyclic N) is 1. The van der Waals surface area contributed by atoms with Crippen molar-refractivity contribution in [3.05, 3.63) is 100 Å². The van der Waals surface area contributed by atoms with E-state index >= 15 is 0 Å². The van der Waals surface area contributed by atoms with E-state index in [4.69, 9.17) is 14.0 Å². The molecule has 2 saturated heterocycles. The van der Waals surface area contributed by atoms with Crippen LogP contribution < -0.4 is 15.4 Å². The van der Waals surface area contributed by atoms with Gasteiger partial charge in [0, 0.05) is 58.1 Å². The van der Waals surface area contributed by atoms with Crippen LogP contribution in [0, 0.1) is 19.8 Å². The number of thiazole rings is 1. The number of amides is 3. The number of aromatic nitrogens is 5. The highest BCUT2D eigenvalue weighted by Crippen LogP contribution is 2.35. The van der Waals surface area contributed by atoms with Gasteiger partial charge in [-0.25, -0.2) is 4.98 Å². The van der Waals surface area contributed by atoms with Gasteiger partial charge >= 0.3 is 6.18 Å². The Morgan fingerprint density at radius 3 is 2.39 bits per heavy atom. The van der Waals surface area contributed by atoms with Crippen LogP contribution >= 0.6 is 11.3 Å². The van der Waals surface area contributed by atoms with E-state index in [1.807, 2.05) is 57.2 Å². The maximum atomic E-state index is 14.1. The summed E-state index contributed by atoms with van der Waals surface area (Å²) in [6, 6.07) is 15.7. The standard InChI is InChI=1S/C50H61F3N10O7S/c1-30(2)45(41-25-31(3)60-70-41)48(67)62-28-37(64)26-40(62)47(66)56-39(35-7-9-36(10-8-35)46-32(4)55-29-71-46)27-44(65)54-19-24-68-22-5-6-23-69-38-13-11-33(12-14-38)34-17-20-61(21-18-34)43-16-15-42-57-58-49(50(51,52)53)63(42)59-43/h7-14,25,29-30,34,37,39-40,45,64H,5-6,15-24,26-28H2,1-4H3,(H,54,65)(H,56,66)/t37-,39+,40+,45-/m1/s1. The van der Waals surface area contributed by atoms with Gasteiger partial charge in [-0.1, -0.05) is 55.4 Å². The van der Waals surface area contributed by atoms with Crippen LogP contribution in [0.25, 0.3) is 10.4 Å². The van der Waals surface area contributed by atoms with Crippen LogP contribution in [0.5, 0.6) is 5.75 Å². The number of nitrogens with zero attached hydrogens (tertiary/aromatic N) is 8. The van der Waals surface area contributed by atoms with Crippen molar-refractivity contribution in [3.8, 4) is 16.2 Å². The minimum Gasteiger partial charge on any atom is -0.494 e. The summed E-state index contributed by atoms with van der Waals surface area (Å²) in [6.07, 6.45) is -1.42. The first-order valence-corrected chi connectivity index (χ1v) is 25.1. The van der Waals surface area contributed by atoms with Crippen molar-refractivity contribution in [1.82, 2.24) is 45.4 Å². The number of rotatable bonds is 19. The first kappa shape index (κ1) is 51.2. The van der Waals surface area contributed by atoms with Crippen LogP contribution in [0.3, 0.4) is 0 Å². The molecule has 5 aromatic rings. The Morgan fingerprint density at radius 2 is 1.72 bits per heavy atom. The third kappa shape index (κ3) is 12.7. The minimum atomic E-state index is -4.62. The number of halogens is 3. The van der Waals surface area contributed by atoms with E-state index < -0.39 is 42.0 Å². The molecule has 21 heteroatoms. The Kier molecular flexibility index (Phi) is 16.5. The number of aliphatic hydroxyl groups excluding tert-OH is 1. The topological polar surface area (TPSA) is 202 Å². The third-order valence-electron chi connectivity index (χ3n) is 13.3. The highest BCUT2D eigenvalue weighted by atomic mass is 32.1. The van der Waals surface area contributed by atoms with Gasteiger partial charge in [-0.3, -0.25) is 14.4 Å². The van der Waals surface area contributed by atoms with Crippen molar-refractivity contribution in [3.63, 3.8) is 0 Å². The summed E-state index contributed by atoms with van der Waals surface area (Å²) in [5.74, 6) is -0.710. The van der Waals surface area contributed by atoms with Gasteiger partial charge in [-0.05, 0) is 80.2 Å². The van der Waals surface area contributed by atoms with Crippen molar-refractivity contribution >= 4 is 34.9 Å². The lowest BCUT2D eigenvalue weighted by molar-refractivity contribution is -0.147. The van der Waals surface area contributed by atoms with E-state index in [9.17, 15) is 32.7 Å². The zero-order chi connectivity index (χ0) is 50.2. The van der Waals surface area contributed by atoms with Gasteiger partial charge in [-0.2, -0.15) is 22.9 Å². The van der Waals surface area contributed by atoms with Crippen molar-refractivity contribution in [2.75, 3.05) is 46.0 Å². The van der Waals surface area contributed by atoms with Gasteiger partial charge in [0.25, 0.3) is 5.82 Å². The number of alkyl halides is 3. The monoisotopic (exact) mass is 1000 g/mol. The summed E-state index contributed by atoms with van der Waals surface area (Å²) in [6.45, 7) is 10.4. The van der Waals surface area contributed by atoms with Crippen molar-refractivity contribution in [2.45, 2.75) is 115 Å². The molecule has 3 N–H and O–H groups in total. The molecule has 3 aliphatic rings. The summed E-state index contributed by atoms with van der Waals surface area (Å²) >= 11 is 1.53. The lowest BCUT2D eigenvalue weighted by atomic mass is 9.89. The Hall–Kier alpha value is -6.19. The lowest BCUT2D eigenvalue weighted by Crippen LogP contribution is -2.49. The number of nitrogens with one attached hydrogen (secondary N) is 2. The minimum absolute atomic E-state index is 0.0111. The molecular weight excluding hydrogens is 942 g/mol. The van der Waals surface area contributed by atoms with Gasteiger partial charge in [-0.15, -0.1) is 21.5 Å². The molecule has 3 aliphatic heterocycles. The molecule has 0 radical (unpaired) electrons. The van der Waals surface area contributed by atoms with E-state index in [2.05, 4.69) is 53.1 Å². The Labute approximate surface area is 414 Å². The molecule has 17 nitrogen and oxygen atoms in total. The fourth-order valence-electron chi connectivity index (χ4n) is 9.50.